The van der Waals surface area contributed by atoms with Gasteiger partial charge in [0.2, 0.25) is 5.91 Å². The molecule has 18 heavy (non-hydrogen) atoms. The van der Waals surface area contributed by atoms with Gasteiger partial charge in [-0.25, -0.2) is 0 Å². The first-order chi connectivity index (χ1) is 8.86. The number of hydrogen-bond donors (Lipinski definition) is 1. The number of amides is 1. The van der Waals surface area contributed by atoms with Crippen LogP contribution in [-0.2, 0) is 4.79 Å². The van der Waals surface area contributed by atoms with Gasteiger partial charge in [0.05, 0.1) is 6.04 Å². The van der Waals surface area contributed by atoms with E-state index in [2.05, 4.69) is 10.2 Å². The van der Waals surface area contributed by atoms with E-state index in [9.17, 15) is 4.79 Å². The molecule has 102 valence electrons. The van der Waals surface area contributed by atoms with Crippen molar-refractivity contribution in [2.75, 3.05) is 13.1 Å². The fourth-order valence-corrected chi connectivity index (χ4v) is 4.17. The van der Waals surface area contributed by atoms with E-state index in [1.807, 2.05) is 0 Å². The van der Waals surface area contributed by atoms with Crippen LogP contribution >= 0.6 is 0 Å². The molecule has 0 unspecified atom stereocenters. The van der Waals surface area contributed by atoms with Crippen molar-refractivity contribution in [2.24, 2.45) is 5.92 Å². The molecule has 3 fully saturated rings. The third kappa shape index (κ3) is 2.42. The van der Waals surface area contributed by atoms with Crippen LogP contribution in [0.25, 0.3) is 0 Å². The molecule has 1 amide bonds. The van der Waals surface area contributed by atoms with Gasteiger partial charge in [0.15, 0.2) is 0 Å². The molecule has 1 aliphatic carbocycles. The zero-order valence-corrected chi connectivity index (χ0v) is 11.4. The van der Waals surface area contributed by atoms with Crippen LogP contribution in [0.5, 0.6) is 0 Å². The number of carbonyl (C=O) groups excluding carboxylic acids is 1. The van der Waals surface area contributed by atoms with Crippen LogP contribution in [0.15, 0.2) is 0 Å². The number of hydrogen-bond acceptors (Lipinski definition) is 2. The first-order valence-corrected chi connectivity index (χ1v) is 7.90. The SMILES string of the molecule is O=C([C@@H]1CCCN1)N1CCC[C@@H]1C1CCCCC1. The summed E-state index contributed by atoms with van der Waals surface area (Å²) in [4.78, 5) is 14.8. The Labute approximate surface area is 110 Å². The second kappa shape index (κ2) is 5.60. The molecule has 3 heteroatoms. The monoisotopic (exact) mass is 250 g/mol. The van der Waals surface area contributed by atoms with Gasteiger partial charge < -0.3 is 10.2 Å². The van der Waals surface area contributed by atoms with Crippen molar-refractivity contribution in [3.8, 4) is 0 Å². The highest BCUT2D eigenvalue weighted by Gasteiger charge is 2.38. The highest BCUT2D eigenvalue weighted by Crippen LogP contribution is 2.34. The largest absolute Gasteiger partial charge is 0.338 e. The number of nitrogens with zero attached hydrogens (tertiary/aromatic N) is 1. The fourth-order valence-electron chi connectivity index (χ4n) is 4.17. The molecule has 0 bridgehead atoms. The smallest absolute Gasteiger partial charge is 0.239 e. The van der Waals surface area contributed by atoms with Crippen molar-refractivity contribution >= 4 is 5.91 Å². The summed E-state index contributed by atoms with van der Waals surface area (Å²) in [5, 5.41) is 3.37. The van der Waals surface area contributed by atoms with Crippen LogP contribution < -0.4 is 5.32 Å². The van der Waals surface area contributed by atoms with E-state index >= 15 is 0 Å². The van der Waals surface area contributed by atoms with Crippen LogP contribution in [0, 0.1) is 5.92 Å². The highest BCUT2D eigenvalue weighted by molar-refractivity contribution is 5.82. The fraction of sp³-hybridized carbons (Fsp3) is 0.933. The summed E-state index contributed by atoms with van der Waals surface area (Å²) < 4.78 is 0. The average Bonchev–Trinajstić information content (AvgIpc) is 3.10. The van der Waals surface area contributed by atoms with Gasteiger partial charge in [-0.1, -0.05) is 19.3 Å². The summed E-state index contributed by atoms with van der Waals surface area (Å²) in [6.45, 7) is 2.04. The Balaban J connectivity index is 1.64. The van der Waals surface area contributed by atoms with Crippen LogP contribution in [0.3, 0.4) is 0 Å². The first-order valence-electron chi connectivity index (χ1n) is 7.90. The lowest BCUT2D eigenvalue weighted by Gasteiger charge is -2.35. The van der Waals surface area contributed by atoms with Crippen molar-refractivity contribution in [1.29, 1.82) is 0 Å². The molecule has 0 spiro atoms. The average molecular weight is 250 g/mol. The molecular weight excluding hydrogens is 224 g/mol. The highest BCUT2D eigenvalue weighted by atomic mass is 16.2. The topological polar surface area (TPSA) is 32.3 Å². The lowest BCUT2D eigenvalue weighted by atomic mass is 9.83. The third-order valence-electron chi connectivity index (χ3n) is 5.13. The molecular formula is C15H26N2O. The Morgan fingerprint density at radius 3 is 2.50 bits per heavy atom. The molecule has 3 aliphatic rings. The lowest BCUT2D eigenvalue weighted by Crippen LogP contribution is -2.48. The van der Waals surface area contributed by atoms with E-state index in [0.29, 0.717) is 11.9 Å². The molecule has 1 N–H and O–H groups in total. The summed E-state index contributed by atoms with van der Waals surface area (Å²) in [5.74, 6) is 1.20. The minimum atomic E-state index is 0.134. The minimum absolute atomic E-state index is 0.134. The number of rotatable bonds is 2. The van der Waals surface area contributed by atoms with Crippen molar-refractivity contribution in [2.45, 2.75) is 69.9 Å². The molecule has 2 atom stereocenters. The molecule has 0 aromatic rings. The van der Waals surface area contributed by atoms with Gasteiger partial charge in [0, 0.05) is 12.6 Å². The molecule has 0 aromatic carbocycles. The van der Waals surface area contributed by atoms with Gasteiger partial charge in [0.1, 0.15) is 0 Å². The standard InChI is InChI=1S/C15H26N2O/c18-15(13-8-4-10-16-13)17-11-5-9-14(17)12-6-2-1-3-7-12/h12-14,16H,1-11H2/t13-,14+/m0/s1. The molecule has 3 nitrogen and oxygen atoms in total. The first kappa shape index (κ1) is 12.5. The Kier molecular flexibility index (Phi) is 3.88. The normalized spacial score (nSPS) is 34.1. The number of carbonyl (C=O) groups is 1. The summed E-state index contributed by atoms with van der Waals surface area (Å²) in [5.41, 5.74) is 0. The predicted molar refractivity (Wildman–Crippen MR) is 72.3 cm³/mol. The Morgan fingerprint density at radius 1 is 0.944 bits per heavy atom. The summed E-state index contributed by atoms with van der Waals surface area (Å²) in [6, 6.07) is 0.703. The van der Waals surface area contributed by atoms with E-state index < -0.39 is 0 Å². The minimum Gasteiger partial charge on any atom is -0.338 e. The molecule has 1 saturated carbocycles. The molecule has 2 saturated heterocycles. The van der Waals surface area contributed by atoms with Gasteiger partial charge >= 0.3 is 0 Å². The molecule has 2 aliphatic heterocycles. The summed E-state index contributed by atoms with van der Waals surface area (Å²) in [6.07, 6.45) is 11.6. The van der Waals surface area contributed by atoms with Crippen LogP contribution in [0.2, 0.25) is 0 Å². The van der Waals surface area contributed by atoms with Crippen molar-refractivity contribution in [3.63, 3.8) is 0 Å². The van der Waals surface area contributed by atoms with E-state index in [0.717, 1.165) is 25.4 Å². The van der Waals surface area contributed by atoms with E-state index in [4.69, 9.17) is 0 Å². The van der Waals surface area contributed by atoms with Crippen molar-refractivity contribution in [3.05, 3.63) is 0 Å². The maximum Gasteiger partial charge on any atom is 0.239 e. The summed E-state index contributed by atoms with van der Waals surface area (Å²) >= 11 is 0. The third-order valence-corrected chi connectivity index (χ3v) is 5.13. The van der Waals surface area contributed by atoms with E-state index in [-0.39, 0.29) is 6.04 Å². The summed E-state index contributed by atoms with van der Waals surface area (Å²) in [7, 11) is 0. The second-order valence-corrected chi connectivity index (χ2v) is 6.29. The lowest BCUT2D eigenvalue weighted by molar-refractivity contribution is -0.135. The van der Waals surface area contributed by atoms with E-state index in [1.165, 1.54) is 51.4 Å². The van der Waals surface area contributed by atoms with Crippen molar-refractivity contribution in [1.82, 2.24) is 10.2 Å². The van der Waals surface area contributed by atoms with Crippen LogP contribution in [-0.4, -0.2) is 36.0 Å². The van der Waals surface area contributed by atoms with Crippen LogP contribution in [0.4, 0.5) is 0 Å². The van der Waals surface area contributed by atoms with Gasteiger partial charge in [-0.05, 0) is 51.0 Å². The maximum absolute atomic E-state index is 12.6. The van der Waals surface area contributed by atoms with Gasteiger partial charge in [-0.2, -0.15) is 0 Å². The van der Waals surface area contributed by atoms with Crippen LogP contribution in [0.1, 0.15) is 57.8 Å². The Bertz CT molecular complexity index is 293. The molecule has 0 aromatic heterocycles. The molecule has 3 rings (SSSR count). The Morgan fingerprint density at radius 2 is 1.78 bits per heavy atom. The van der Waals surface area contributed by atoms with Gasteiger partial charge in [-0.3, -0.25) is 4.79 Å². The zero-order chi connectivity index (χ0) is 12.4. The molecule has 2 heterocycles. The van der Waals surface area contributed by atoms with Gasteiger partial charge in [-0.15, -0.1) is 0 Å². The predicted octanol–water partition coefficient (Wildman–Crippen LogP) is 2.31. The van der Waals surface area contributed by atoms with Crippen molar-refractivity contribution < 1.29 is 4.79 Å². The molecule has 0 radical (unpaired) electrons. The van der Waals surface area contributed by atoms with E-state index in [1.54, 1.807) is 0 Å². The quantitative estimate of drug-likeness (QED) is 0.815. The maximum atomic E-state index is 12.6. The number of likely N-dealkylation sites (tertiary alicyclic amines) is 1. The Hall–Kier alpha value is -0.570. The number of nitrogens with one attached hydrogen (secondary N) is 1. The zero-order valence-electron chi connectivity index (χ0n) is 11.4. The van der Waals surface area contributed by atoms with Gasteiger partial charge in [0.25, 0.3) is 0 Å². The second-order valence-electron chi connectivity index (χ2n) is 6.29.